The SMILES string of the molecule is Cc1cc(C)nc(NS(=O)(=O)c2cccc(F)c2CN)c1. The maximum atomic E-state index is 13.7. The summed E-state index contributed by atoms with van der Waals surface area (Å²) in [5.41, 5.74) is 6.95. The van der Waals surface area contributed by atoms with E-state index < -0.39 is 15.8 Å². The zero-order valence-corrected chi connectivity index (χ0v) is 12.5. The third kappa shape index (κ3) is 3.37. The van der Waals surface area contributed by atoms with E-state index in [1.165, 1.54) is 18.2 Å². The highest BCUT2D eigenvalue weighted by atomic mass is 32.2. The van der Waals surface area contributed by atoms with Crippen LogP contribution in [0.1, 0.15) is 16.8 Å². The summed E-state index contributed by atoms with van der Waals surface area (Å²) in [6.45, 7) is 3.39. The Bertz CT molecular complexity index is 756. The van der Waals surface area contributed by atoms with E-state index >= 15 is 0 Å². The van der Waals surface area contributed by atoms with Crippen LogP contribution in [0, 0.1) is 19.7 Å². The number of pyridine rings is 1. The lowest BCUT2D eigenvalue weighted by molar-refractivity contribution is 0.585. The fraction of sp³-hybridized carbons (Fsp3) is 0.214. The summed E-state index contributed by atoms with van der Waals surface area (Å²) in [7, 11) is -3.94. The Hall–Kier alpha value is -1.99. The Kier molecular flexibility index (Phi) is 4.24. The number of sulfonamides is 1. The van der Waals surface area contributed by atoms with Crippen molar-refractivity contribution in [2.45, 2.75) is 25.3 Å². The number of halogens is 1. The van der Waals surface area contributed by atoms with Crippen LogP contribution in [0.25, 0.3) is 0 Å². The summed E-state index contributed by atoms with van der Waals surface area (Å²) >= 11 is 0. The predicted molar refractivity (Wildman–Crippen MR) is 78.8 cm³/mol. The van der Waals surface area contributed by atoms with E-state index in [0.717, 1.165) is 5.56 Å². The van der Waals surface area contributed by atoms with Crippen LogP contribution in [-0.2, 0) is 16.6 Å². The highest BCUT2D eigenvalue weighted by Gasteiger charge is 2.21. The van der Waals surface area contributed by atoms with Gasteiger partial charge in [-0.2, -0.15) is 0 Å². The van der Waals surface area contributed by atoms with Crippen molar-refractivity contribution in [2.24, 2.45) is 5.73 Å². The minimum atomic E-state index is -3.94. The van der Waals surface area contributed by atoms with Gasteiger partial charge in [0.05, 0.1) is 4.90 Å². The summed E-state index contributed by atoms with van der Waals surface area (Å²) in [5.74, 6) is -0.450. The van der Waals surface area contributed by atoms with E-state index in [0.29, 0.717) is 5.69 Å². The van der Waals surface area contributed by atoms with Gasteiger partial charge in [0.1, 0.15) is 11.6 Å². The average Bonchev–Trinajstić information content (AvgIpc) is 2.36. The highest BCUT2D eigenvalue weighted by molar-refractivity contribution is 7.92. The third-order valence-electron chi connectivity index (χ3n) is 2.91. The Morgan fingerprint density at radius 2 is 2.00 bits per heavy atom. The van der Waals surface area contributed by atoms with Crippen molar-refractivity contribution in [3.8, 4) is 0 Å². The molecule has 0 unspecified atom stereocenters. The van der Waals surface area contributed by atoms with E-state index in [1.807, 2.05) is 13.0 Å². The number of rotatable bonds is 4. The summed E-state index contributed by atoms with van der Waals surface area (Å²) in [5, 5.41) is 0. The molecule has 112 valence electrons. The van der Waals surface area contributed by atoms with E-state index in [1.54, 1.807) is 13.0 Å². The lowest BCUT2D eigenvalue weighted by Crippen LogP contribution is -2.18. The van der Waals surface area contributed by atoms with Crippen LogP contribution in [0.4, 0.5) is 10.2 Å². The van der Waals surface area contributed by atoms with Crippen LogP contribution in [0.2, 0.25) is 0 Å². The van der Waals surface area contributed by atoms with E-state index in [9.17, 15) is 12.8 Å². The minimum Gasteiger partial charge on any atom is -0.326 e. The number of benzene rings is 1. The molecular weight excluding hydrogens is 293 g/mol. The molecule has 21 heavy (non-hydrogen) atoms. The first kappa shape index (κ1) is 15.4. The van der Waals surface area contributed by atoms with Gasteiger partial charge in [0.2, 0.25) is 0 Å². The zero-order chi connectivity index (χ0) is 15.6. The number of nitrogens with one attached hydrogen (secondary N) is 1. The number of nitrogens with zero attached hydrogens (tertiary/aromatic N) is 1. The largest absolute Gasteiger partial charge is 0.326 e. The van der Waals surface area contributed by atoms with Crippen LogP contribution in [0.3, 0.4) is 0 Å². The smallest absolute Gasteiger partial charge is 0.263 e. The summed E-state index contributed by atoms with van der Waals surface area (Å²) in [6.07, 6.45) is 0. The normalized spacial score (nSPS) is 11.4. The molecule has 0 spiro atoms. The van der Waals surface area contributed by atoms with Crippen LogP contribution in [-0.4, -0.2) is 13.4 Å². The first-order valence-electron chi connectivity index (χ1n) is 6.29. The van der Waals surface area contributed by atoms with E-state index in [2.05, 4.69) is 9.71 Å². The summed E-state index contributed by atoms with van der Waals surface area (Å²) in [6, 6.07) is 7.25. The first-order valence-corrected chi connectivity index (χ1v) is 7.77. The summed E-state index contributed by atoms with van der Waals surface area (Å²) < 4.78 is 40.8. The fourth-order valence-electron chi connectivity index (χ4n) is 2.08. The maximum absolute atomic E-state index is 13.7. The van der Waals surface area contributed by atoms with Crippen molar-refractivity contribution in [1.29, 1.82) is 0 Å². The zero-order valence-electron chi connectivity index (χ0n) is 11.7. The molecule has 0 bridgehead atoms. The molecule has 0 saturated carbocycles. The molecule has 5 nitrogen and oxygen atoms in total. The second-order valence-electron chi connectivity index (χ2n) is 4.70. The molecular formula is C14H16FN3O2S. The molecule has 2 aromatic rings. The Morgan fingerprint density at radius 3 is 2.62 bits per heavy atom. The highest BCUT2D eigenvalue weighted by Crippen LogP contribution is 2.21. The molecule has 0 atom stereocenters. The van der Waals surface area contributed by atoms with Gasteiger partial charge in [-0.1, -0.05) is 6.07 Å². The van der Waals surface area contributed by atoms with Crippen molar-refractivity contribution in [3.63, 3.8) is 0 Å². The molecule has 0 saturated heterocycles. The van der Waals surface area contributed by atoms with Gasteiger partial charge in [-0.25, -0.2) is 17.8 Å². The summed E-state index contributed by atoms with van der Waals surface area (Å²) in [4.78, 5) is 3.93. The number of anilines is 1. The topological polar surface area (TPSA) is 85.1 Å². The molecule has 0 aliphatic carbocycles. The molecule has 1 aromatic heterocycles. The minimum absolute atomic E-state index is 0.0469. The van der Waals surface area contributed by atoms with Crippen LogP contribution >= 0.6 is 0 Å². The van der Waals surface area contributed by atoms with E-state index in [4.69, 9.17) is 5.73 Å². The Balaban J connectivity index is 2.46. The number of hydrogen-bond donors (Lipinski definition) is 2. The molecule has 1 aromatic carbocycles. The molecule has 3 N–H and O–H groups in total. The quantitative estimate of drug-likeness (QED) is 0.905. The number of aryl methyl sites for hydroxylation is 2. The lowest BCUT2D eigenvalue weighted by atomic mass is 10.2. The van der Waals surface area contributed by atoms with Gasteiger partial charge in [0.15, 0.2) is 0 Å². The van der Waals surface area contributed by atoms with E-state index in [-0.39, 0.29) is 22.8 Å². The van der Waals surface area contributed by atoms with Crippen molar-refractivity contribution >= 4 is 15.8 Å². The van der Waals surface area contributed by atoms with Gasteiger partial charge in [-0.15, -0.1) is 0 Å². The first-order chi connectivity index (χ1) is 9.83. The Labute approximate surface area is 123 Å². The van der Waals surface area contributed by atoms with Gasteiger partial charge >= 0.3 is 0 Å². The van der Waals surface area contributed by atoms with Gasteiger partial charge in [0, 0.05) is 17.8 Å². The van der Waals surface area contributed by atoms with Gasteiger partial charge in [-0.3, -0.25) is 4.72 Å². The predicted octanol–water partition coefficient (Wildman–Crippen LogP) is 2.10. The molecule has 0 radical (unpaired) electrons. The molecule has 0 fully saturated rings. The molecule has 0 amide bonds. The van der Waals surface area contributed by atoms with Crippen LogP contribution in [0.5, 0.6) is 0 Å². The van der Waals surface area contributed by atoms with Gasteiger partial charge < -0.3 is 5.73 Å². The van der Waals surface area contributed by atoms with Crippen molar-refractivity contribution in [3.05, 3.63) is 53.0 Å². The van der Waals surface area contributed by atoms with Crippen LogP contribution in [0.15, 0.2) is 35.2 Å². The fourth-order valence-corrected chi connectivity index (χ4v) is 3.33. The monoisotopic (exact) mass is 309 g/mol. The third-order valence-corrected chi connectivity index (χ3v) is 4.35. The molecule has 0 aliphatic rings. The van der Waals surface area contributed by atoms with Crippen molar-refractivity contribution in [1.82, 2.24) is 4.98 Å². The van der Waals surface area contributed by atoms with Crippen molar-refractivity contribution in [2.75, 3.05) is 4.72 Å². The molecule has 0 aliphatic heterocycles. The van der Waals surface area contributed by atoms with Gasteiger partial charge in [-0.05, 0) is 43.7 Å². The molecule has 1 heterocycles. The molecule has 7 heteroatoms. The second-order valence-corrected chi connectivity index (χ2v) is 6.35. The number of nitrogens with two attached hydrogens (primary N) is 1. The second kappa shape index (κ2) is 5.79. The lowest BCUT2D eigenvalue weighted by Gasteiger charge is -2.12. The number of hydrogen-bond acceptors (Lipinski definition) is 4. The maximum Gasteiger partial charge on any atom is 0.263 e. The standard InChI is InChI=1S/C14H16FN3O2S/c1-9-6-10(2)17-14(7-9)18-21(19,20)13-5-3-4-12(15)11(13)8-16/h3-7H,8,16H2,1-2H3,(H,17,18). The van der Waals surface area contributed by atoms with Crippen LogP contribution < -0.4 is 10.5 Å². The Morgan fingerprint density at radius 1 is 1.29 bits per heavy atom. The van der Waals surface area contributed by atoms with Crippen molar-refractivity contribution < 1.29 is 12.8 Å². The average molecular weight is 309 g/mol. The van der Waals surface area contributed by atoms with Gasteiger partial charge in [0.25, 0.3) is 10.0 Å². The molecule has 2 rings (SSSR count). The number of aromatic nitrogens is 1.